The zero-order valence-electron chi connectivity index (χ0n) is 13.0. The fourth-order valence-electron chi connectivity index (χ4n) is 2.08. The maximum Gasteiger partial charge on any atom is 0.255 e. The van der Waals surface area contributed by atoms with Crippen LogP contribution in [0.25, 0.3) is 0 Å². The van der Waals surface area contributed by atoms with Gasteiger partial charge in [0.2, 0.25) is 6.41 Å². The third-order valence-corrected chi connectivity index (χ3v) is 3.36. The molecule has 0 bridgehead atoms. The first-order valence-electron chi connectivity index (χ1n) is 7.12. The predicted molar refractivity (Wildman–Crippen MR) is 89.2 cm³/mol. The van der Waals surface area contributed by atoms with Crippen LogP contribution in [-0.2, 0) is 10.2 Å². The lowest BCUT2D eigenvalue weighted by Crippen LogP contribution is -2.14. The molecule has 0 radical (unpaired) electrons. The van der Waals surface area contributed by atoms with Crippen molar-refractivity contribution in [3.05, 3.63) is 59.7 Å². The van der Waals surface area contributed by atoms with Crippen molar-refractivity contribution in [2.24, 2.45) is 0 Å². The van der Waals surface area contributed by atoms with Gasteiger partial charge in [-0.2, -0.15) is 0 Å². The van der Waals surface area contributed by atoms with E-state index in [0.717, 1.165) is 0 Å². The molecule has 0 aromatic heterocycles. The van der Waals surface area contributed by atoms with E-state index in [1.54, 1.807) is 24.3 Å². The van der Waals surface area contributed by atoms with Gasteiger partial charge in [0, 0.05) is 16.9 Å². The van der Waals surface area contributed by atoms with E-state index < -0.39 is 0 Å². The van der Waals surface area contributed by atoms with Crippen LogP contribution in [0.15, 0.2) is 48.5 Å². The van der Waals surface area contributed by atoms with Gasteiger partial charge in [-0.25, -0.2) is 0 Å². The molecule has 0 spiro atoms. The molecule has 2 aromatic carbocycles. The predicted octanol–water partition coefficient (Wildman–Crippen LogP) is 3.80. The molecule has 0 aliphatic heterocycles. The monoisotopic (exact) mass is 296 g/mol. The highest BCUT2D eigenvalue weighted by atomic mass is 16.1. The van der Waals surface area contributed by atoms with Crippen LogP contribution in [0.3, 0.4) is 0 Å². The van der Waals surface area contributed by atoms with Crippen LogP contribution < -0.4 is 10.6 Å². The Morgan fingerprint density at radius 2 is 1.64 bits per heavy atom. The number of benzene rings is 2. The Hall–Kier alpha value is -2.62. The van der Waals surface area contributed by atoms with Gasteiger partial charge in [0.1, 0.15) is 0 Å². The molecule has 2 amide bonds. The Labute approximate surface area is 130 Å². The number of amides is 2. The minimum Gasteiger partial charge on any atom is -0.329 e. The van der Waals surface area contributed by atoms with Crippen LogP contribution in [0.5, 0.6) is 0 Å². The van der Waals surface area contributed by atoms with Gasteiger partial charge in [-0.05, 0) is 41.3 Å². The molecule has 2 aromatic rings. The Morgan fingerprint density at radius 3 is 2.23 bits per heavy atom. The maximum absolute atomic E-state index is 12.2. The molecule has 0 saturated carbocycles. The molecular weight excluding hydrogens is 276 g/mol. The Balaban J connectivity index is 2.12. The summed E-state index contributed by atoms with van der Waals surface area (Å²) in [5.41, 5.74) is 3.11. The fourth-order valence-corrected chi connectivity index (χ4v) is 2.08. The third kappa shape index (κ3) is 3.95. The number of carbonyl (C=O) groups is 2. The largest absolute Gasteiger partial charge is 0.329 e. The molecule has 22 heavy (non-hydrogen) atoms. The normalized spacial score (nSPS) is 10.9. The Bertz CT molecular complexity index is 670. The SMILES string of the molecule is CC(C)(C)c1ccc(C(=O)Nc2cccc(NC=O)c2)cc1. The minimum atomic E-state index is -0.177. The van der Waals surface area contributed by atoms with E-state index in [1.165, 1.54) is 5.56 Å². The van der Waals surface area contributed by atoms with E-state index in [9.17, 15) is 9.59 Å². The molecule has 2 N–H and O–H groups in total. The van der Waals surface area contributed by atoms with Crippen molar-refractivity contribution < 1.29 is 9.59 Å². The molecule has 114 valence electrons. The molecule has 0 aliphatic carbocycles. The van der Waals surface area contributed by atoms with E-state index in [2.05, 4.69) is 31.4 Å². The second-order valence-corrected chi connectivity index (χ2v) is 6.12. The van der Waals surface area contributed by atoms with Gasteiger partial charge in [0.05, 0.1) is 0 Å². The molecule has 0 atom stereocenters. The van der Waals surface area contributed by atoms with Crippen LogP contribution in [0.1, 0.15) is 36.7 Å². The van der Waals surface area contributed by atoms with Crippen molar-refractivity contribution in [1.29, 1.82) is 0 Å². The van der Waals surface area contributed by atoms with E-state index in [4.69, 9.17) is 0 Å². The van der Waals surface area contributed by atoms with Crippen molar-refractivity contribution in [3.8, 4) is 0 Å². The second-order valence-electron chi connectivity index (χ2n) is 6.12. The highest BCUT2D eigenvalue weighted by Gasteiger charge is 2.14. The molecule has 0 fully saturated rings. The number of hydrogen-bond donors (Lipinski definition) is 2. The minimum absolute atomic E-state index is 0.0594. The first-order chi connectivity index (χ1) is 10.4. The lowest BCUT2D eigenvalue weighted by molar-refractivity contribution is -0.105. The standard InChI is InChI=1S/C18H20N2O2/c1-18(2,3)14-9-7-13(8-10-14)17(22)20-16-6-4-5-15(11-16)19-12-21/h4-12H,1-3H3,(H,19,21)(H,20,22). The smallest absolute Gasteiger partial charge is 0.255 e. The highest BCUT2D eigenvalue weighted by molar-refractivity contribution is 6.04. The van der Waals surface area contributed by atoms with Crippen LogP contribution in [0, 0.1) is 0 Å². The van der Waals surface area contributed by atoms with Crippen molar-refractivity contribution >= 4 is 23.7 Å². The zero-order valence-corrected chi connectivity index (χ0v) is 13.0. The van der Waals surface area contributed by atoms with Gasteiger partial charge >= 0.3 is 0 Å². The van der Waals surface area contributed by atoms with Gasteiger partial charge in [0.25, 0.3) is 5.91 Å². The van der Waals surface area contributed by atoms with E-state index in [0.29, 0.717) is 23.3 Å². The summed E-state index contributed by atoms with van der Waals surface area (Å²) in [6, 6.07) is 14.6. The van der Waals surface area contributed by atoms with Gasteiger partial charge in [0.15, 0.2) is 0 Å². The van der Waals surface area contributed by atoms with E-state index >= 15 is 0 Å². The molecular formula is C18H20N2O2. The summed E-state index contributed by atoms with van der Waals surface area (Å²) in [5.74, 6) is -0.177. The second kappa shape index (κ2) is 6.43. The number of rotatable bonds is 4. The highest BCUT2D eigenvalue weighted by Crippen LogP contribution is 2.22. The summed E-state index contributed by atoms with van der Waals surface area (Å²) in [7, 11) is 0. The summed E-state index contributed by atoms with van der Waals surface area (Å²) in [4.78, 5) is 22.7. The Kier molecular flexibility index (Phi) is 4.61. The number of anilines is 2. The lowest BCUT2D eigenvalue weighted by atomic mass is 9.87. The molecule has 0 saturated heterocycles. The summed E-state index contributed by atoms with van der Waals surface area (Å²) in [5, 5.41) is 5.37. The quantitative estimate of drug-likeness (QED) is 0.843. The molecule has 0 heterocycles. The molecule has 0 unspecified atom stereocenters. The summed E-state index contributed by atoms with van der Waals surface area (Å²) in [6.45, 7) is 6.40. The van der Waals surface area contributed by atoms with Crippen LogP contribution in [-0.4, -0.2) is 12.3 Å². The van der Waals surface area contributed by atoms with Crippen LogP contribution in [0.4, 0.5) is 11.4 Å². The average molecular weight is 296 g/mol. The zero-order chi connectivity index (χ0) is 16.2. The summed E-state index contributed by atoms with van der Waals surface area (Å²) < 4.78 is 0. The number of nitrogens with one attached hydrogen (secondary N) is 2. The van der Waals surface area contributed by atoms with Crippen molar-refractivity contribution in [2.45, 2.75) is 26.2 Å². The fraction of sp³-hybridized carbons (Fsp3) is 0.222. The molecule has 2 rings (SSSR count). The lowest BCUT2D eigenvalue weighted by Gasteiger charge is -2.19. The van der Waals surface area contributed by atoms with Gasteiger partial charge < -0.3 is 10.6 Å². The van der Waals surface area contributed by atoms with Crippen molar-refractivity contribution in [1.82, 2.24) is 0 Å². The van der Waals surface area contributed by atoms with Crippen molar-refractivity contribution in [2.75, 3.05) is 10.6 Å². The third-order valence-electron chi connectivity index (χ3n) is 3.36. The van der Waals surface area contributed by atoms with Crippen LogP contribution >= 0.6 is 0 Å². The van der Waals surface area contributed by atoms with E-state index in [-0.39, 0.29) is 11.3 Å². The first kappa shape index (κ1) is 15.8. The van der Waals surface area contributed by atoms with Gasteiger partial charge in [-0.1, -0.05) is 39.0 Å². The maximum atomic E-state index is 12.2. The van der Waals surface area contributed by atoms with Crippen LogP contribution in [0.2, 0.25) is 0 Å². The molecule has 4 nitrogen and oxygen atoms in total. The van der Waals surface area contributed by atoms with E-state index in [1.807, 2.05) is 24.3 Å². The average Bonchev–Trinajstić information content (AvgIpc) is 2.47. The summed E-state index contributed by atoms with van der Waals surface area (Å²) in [6.07, 6.45) is 0.603. The van der Waals surface area contributed by atoms with Gasteiger partial charge in [-0.15, -0.1) is 0 Å². The Morgan fingerprint density at radius 1 is 1.00 bits per heavy atom. The number of hydrogen-bond acceptors (Lipinski definition) is 2. The topological polar surface area (TPSA) is 58.2 Å². The first-order valence-corrected chi connectivity index (χ1v) is 7.12. The molecule has 0 aliphatic rings. The van der Waals surface area contributed by atoms with Gasteiger partial charge in [-0.3, -0.25) is 9.59 Å². The molecule has 4 heteroatoms. The number of carbonyl (C=O) groups excluding carboxylic acids is 2. The van der Waals surface area contributed by atoms with Crippen molar-refractivity contribution in [3.63, 3.8) is 0 Å². The summed E-state index contributed by atoms with van der Waals surface area (Å²) >= 11 is 0.